The van der Waals surface area contributed by atoms with Gasteiger partial charge in [-0.25, -0.2) is 0 Å². The number of nitrogens with one attached hydrogen (secondary N) is 1. The molecule has 1 aliphatic carbocycles. The quantitative estimate of drug-likeness (QED) is 0.777. The van der Waals surface area contributed by atoms with Crippen molar-refractivity contribution in [2.75, 3.05) is 0 Å². The fourth-order valence-electron chi connectivity index (χ4n) is 3.28. The van der Waals surface area contributed by atoms with E-state index < -0.39 is 0 Å². The minimum atomic E-state index is 0.0977. The number of aryl methyl sites for hydroxylation is 1. The molecule has 120 valence electrons. The Bertz CT molecular complexity index is 540. The van der Waals surface area contributed by atoms with Gasteiger partial charge in [0.25, 0.3) is 0 Å². The molecular formula is C20H29NO. The van der Waals surface area contributed by atoms with Crippen LogP contribution < -0.4 is 5.32 Å². The number of benzene rings is 1. The van der Waals surface area contributed by atoms with Crippen molar-refractivity contribution >= 4 is 5.91 Å². The van der Waals surface area contributed by atoms with Crippen molar-refractivity contribution in [3.05, 3.63) is 47.5 Å². The first-order valence-electron chi connectivity index (χ1n) is 8.31. The molecule has 0 aliphatic heterocycles. The lowest BCUT2D eigenvalue weighted by Gasteiger charge is -2.14. The third kappa shape index (κ3) is 4.00. The van der Waals surface area contributed by atoms with E-state index in [0.717, 1.165) is 12.8 Å². The lowest BCUT2D eigenvalue weighted by atomic mass is 10.1. The Kier molecular flexibility index (Phi) is 5.10. The van der Waals surface area contributed by atoms with Gasteiger partial charge in [0.1, 0.15) is 0 Å². The molecule has 0 spiro atoms. The summed E-state index contributed by atoms with van der Waals surface area (Å²) in [6.07, 6.45) is 4.24. The first kappa shape index (κ1) is 16.8. The molecule has 1 aromatic carbocycles. The average Bonchev–Trinajstić information content (AvgIpc) is 2.98. The summed E-state index contributed by atoms with van der Waals surface area (Å²) in [5, 5.41) is 3.20. The summed E-state index contributed by atoms with van der Waals surface area (Å²) in [6, 6.07) is 10.7. The molecule has 3 atom stereocenters. The largest absolute Gasteiger partial charge is 0.353 e. The highest BCUT2D eigenvalue weighted by atomic mass is 16.2. The summed E-state index contributed by atoms with van der Waals surface area (Å²) in [4.78, 5) is 12.5. The maximum Gasteiger partial charge on any atom is 0.224 e. The molecule has 2 nitrogen and oxygen atoms in total. The molecule has 1 fully saturated rings. The molecule has 1 amide bonds. The van der Waals surface area contributed by atoms with Crippen LogP contribution in [-0.2, 0) is 11.2 Å². The third-order valence-corrected chi connectivity index (χ3v) is 4.80. The Balaban J connectivity index is 1.83. The lowest BCUT2D eigenvalue weighted by molar-refractivity contribution is -0.123. The number of amides is 1. The standard InChI is InChI=1S/C20H29NO/c1-14(2)13-17-18(20(17,4)5)19(22)21-15(3)11-12-16-9-7-6-8-10-16/h6-10,13,15,17-18H,11-12H2,1-5H3,(H,21,22). The first-order chi connectivity index (χ1) is 10.3. The van der Waals surface area contributed by atoms with Gasteiger partial charge in [0.2, 0.25) is 5.91 Å². The van der Waals surface area contributed by atoms with E-state index in [4.69, 9.17) is 0 Å². The molecular weight excluding hydrogens is 270 g/mol. The SMILES string of the molecule is CC(C)=CC1C(C(=O)NC(C)CCc2ccccc2)C1(C)C. The van der Waals surface area contributed by atoms with Crippen molar-refractivity contribution in [1.82, 2.24) is 5.32 Å². The number of carbonyl (C=O) groups excluding carboxylic acids is 1. The van der Waals surface area contributed by atoms with Gasteiger partial charge in [-0.05, 0) is 50.5 Å². The molecule has 1 saturated carbocycles. The Morgan fingerprint density at radius 1 is 1.27 bits per heavy atom. The molecule has 0 aromatic heterocycles. The normalized spacial score (nSPS) is 23.5. The van der Waals surface area contributed by atoms with Crippen LogP contribution in [0.3, 0.4) is 0 Å². The van der Waals surface area contributed by atoms with Crippen LogP contribution in [0.2, 0.25) is 0 Å². The van der Waals surface area contributed by atoms with Crippen molar-refractivity contribution in [3.63, 3.8) is 0 Å². The van der Waals surface area contributed by atoms with Gasteiger partial charge in [0.05, 0.1) is 5.92 Å². The zero-order chi connectivity index (χ0) is 16.3. The molecule has 0 heterocycles. The third-order valence-electron chi connectivity index (χ3n) is 4.80. The van der Waals surface area contributed by atoms with E-state index in [1.165, 1.54) is 11.1 Å². The van der Waals surface area contributed by atoms with E-state index in [2.05, 4.69) is 70.3 Å². The molecule has 1 aromatic rings. The van der Waals surface area contributed by atoms with Crippen LogP contribution >= 0.6 is 0 Å². The number of allylic oxidation sites excluding steroid dienone is 2. The maximum atomic E-state index is 12.5. The minimum Gasteiger partial charge on any atom is -0.353 e. The van der Waals surface area contributed by atoms with Gasteiger partial charge < -0.3 is 5.32 Å². The van der Waals surface area contributed by atoms with E-state index in [9.17, 15) is 4.79 Å². The zero-order valence-electron chi connectivity index (χ0n) is 14.5. The number of rotatable bonds is 6. The maximum absolute atomic E-state index is 12.5. The van der Waals surface area contributed by atoms with E-state index in [1.807, 2.05) is 6.07 Å². The van der Waals surface area contributed by atoms with Crippen molar-refractivity contribution in [2.24, 2.45) is 17.3 Å². The predicted octanol–water partition coefficient (Wildman–Crippen LogP) is 4.36. The second-order valence-electron chi connectivity index (χ2n) is 7.50. The van der Waals surface area contributed by atoms with Crippen molar-refractivity contribution in [3.8, 4) is 0 Å². The highest BCUT2D eigenvalue weighted by molar-refractivity contribution is 5.83. The molecule has 2 heteroatoms. The summed E-state index contributed by atoms with van der Waals surface area (Å²) in [5.74, 6) is 0.730. The van der Waals surface area contributed by atoms with E-state index in [1.54, 1.807) is 0 Å². The van der Waals surface area contributed by atoms with Crippen LogP contribution in [0.1, 0.15) is 46.6 Å². The van der Waals surface area contributed by atoms with Crippen LogP contribution in [0.5, 0.6) is 0 Å². The molecule has 0 bridgehead atoms. The summed E-state index contributed by atoms with van der Waals surface area (Å²) >= 11 is 0. The lowest BCUT2D eigenvalue weighted by Crippen LogP contribution is -2.35. The minimum absolute atomic E-state index is 0.0977. The van der Waals surface area contributed by atoms with Crippen LogP contribution in [0.15, 0.2) is 42.0 Å². The van der Waals surface area contributed by atoms with Crippen molar-refractivity contribution < 1.29 is 4.79 Å². The summed E-state index contributed by atoms with van der Waals surface area (Å²) in [6.45, 7) is 10.7. The predicted molar refractivity (Wildman–Crippen MR) is 92.6 cm³/mol. The fourth-order valence-corrected chi connectivity index (χ4v) is 3.28. The highest BCUT2D eigenvalue weighted by Gasteiger charge is 2.60. The fraction of sp³-hybridized carbons (Fsp3) is 0.550. The van der Waals surface area contributed by atoms with Crippen LogP contribution in [-0.4, -0.2) is 11.9 Å². The number of hydrogen-bond acceptors (Lipinski definition) is 1. The topological polar surface area (TPSA) is 29.1 Å². The number of hydrogen-bond donors (Lipinski definition) is 1. The molecule has 1 N–H and O–H groups in total. The summed E-state index contributed by atoms with van der Waals surface area (Å²) in [7, 11) is 0. The van der Waals surface area contributed by atoms with Gasteiger partial charge in [0, 0.05) is 6.04 Å². The van der Waals surface area contributed by atoms with Crippen molar-refractivity contribution in [1.29, 1.82) is 0 Å². The second-order valence-corrected chi connectivity index (χ2v) is 7.50. The smallest absolute Gasteiger partial charge is 0.224 e. The van der Waals surface area contributed by atoms with Crippen molar-refractivity contribution in [2.45, 2.75) is 53.5 Å². The molecule has 0 radical (unpaired) electrons. The van der Waals surface area contributed by atoms with Crippen LogP contribution in [0, 0.1) is 17.3 Å². The Hall–Kier alpha value is -1.57. The number of carbonyl (C=O) groups is 1. The van der Waals surface area contributed by atoms with Crippen LogP contribution in [0.25, 0.3) is 0 Å². The summed E-state index contributed by atoms with van der Waals surface area (Å²) < 4.78 is 0. The Morgan fingerprint density at radius 3 is 2.50 bits per heavy atom. The zero-order valence-corrected chi connectivity index (χ0v) is 14.5. The van der Waals surface area contributed by atoms with Gasteiger partial charge >= 0.3 is 0 Å². The van der Waals surface area contributed by atoms with E-state index in [-0.39, 0.29) is 23.3 Å². The Labute approximate surface area is 135 Å². The molecule has 0 saturated heterocycles. The van der Waals surface area contributed by atoms with Gasteiger partial charge in [0.15, 0.2) is 0 Å². The van der Waals surface area contributed by atoms with Gasteiger partial charge in [-0.3, -0.25) is 4.79 Å². The molecule has 2 rings (SSSR count). The monoisotopic (exact) mass is 299 g/mol. The van der Waals surface area contributed by atoms with E-state index >= 15 is 0 Å². The Morgan fingerprint density at radius 2 is 1.91 bits per heavy atom. The van der Waals surface area contributed by atoms with Gasteiger partial charge in [-0.15, -0.1) is 0 Å². The average molecular weight is 299 g/mol. The van der Waals surface area contributed by atoms with E-state index in [0.29, 0.717) is 5.92 Å². The van der Waals surface area contributed by atoms with Gasteiger partial charge in [-0.1, -0.05) is 55.8 Å². The molecule has 3 unspecified atom stereocenters. The molecule has 1 aliphatic rings. The second kappa shape index (κ2) is 6.68. The summed E-state index contributed by atoms with van der Waals surface area (Å²) in [5.41, 5.74) is 2.73. The highest BCUT2D eigenvalue weighted by Crippen LogP contribution is 2.59. The van der Waals surface area contributed by atoms with Gasteiger partial charge in [-0.2, -0.15) is 0 Å². The van der Waals surface area contributed by atoms with Crippen LogP contribution in [0.4, 0.5) is 0 Å². The molecule has 22 heavy (non-hydrogen) atoms. The first-order valence-corrected chi connectivity index (χ1v) is 8.31.